The van der Waals surface area contributed by atoms with Gasteiger partial charge in [0.25, 0.3) is 5.56 Å². The van der Waals surface area contributed by atoms with E-state index in [0.29, 0.717) is 25.0 Å². The molecule has 0 saturated heterocycles. The van der Waals surface area contributed by atoms with Crippen LogP contribution in [-0.2, 0) is 31.9 Å². The van der Waals surface area contributed by atoms with Crippen molar-refractivity contribution >= 4 is 28.1 Å². The first kappa shape index (κ1) is 18.7. The van der Waals surface area contributed by atoms with Gasteiger partial charge in [0.2, 0.25) is 5.91 Å². The highest BCUT2D eigenvalue weighted by Crippen LogP contribution is 2.11. The zero-order valence-corrected chi connectivity index (χ0v) is 16.2. The number of aromatic nitrogens is 6. The van der Waals surface area contributed by atoms with Crippen molar-refractivity contribution in [2.75, 3.05) is 6.54 Å². The van der Waals surface area contributed by atoms with Crippen molar-refractivity contribution in [3.05, 3.63) is 57.3 Å². The van der Waals surface area contributed by atoms with Crippen LogP contribution in [0.15, 0.2) is 40.2 Å². The lowest BCUT2D eigenvalue weighted by atomic mass is 10.3. The minimum absolute atomic E-state index is 0.282. The highest BCUT2D eigenvalue weighted by atomic mass is 16.2. The fourth-order valence-electron chi connectivity index (χ4n) is 3.34. The van der Waals surface area contributed by atoms with Gasteiger partial charge in [-0.25, -0.2) is 19.3 Å². The van der Waals surface area contributed by atoms with Gasteiger partial charge in [-0.3, -0.25) is 14.2 Å². The highest BCUT2D eigenvalue weighted by molar-refractivity contribution is 5.76. The number of rotatable bonds is 6. The number of amides is 1. The van der Waals surface area contributed by atoms with E-state index in [2.05, 4.69) is 20.3 Å². The first-order valence-electron chi connectivity index (χ1n) is 9.27. The van der Waals surface area contributed by atoms with Crippen molar-refractivity contribution in [1.82, 2.24) is 34.0 Å². The van der Waals surface area contributed by atoms with E-state index in [1.165, 1.54) is 17.9 Å². The molecule has 0 radical (unpaired) electrons. The molecule has 1 aromatic carbocycles. The Labute approximate surface area is 164 Å². The van der Waals surface area contributed by atoms with E-state index in [9.17, 15) is 14.4 Å². The molecule has 0 saturated carbocycles. The summed E-state index contributed by atoms with van der Waals surface area (Å²) in [5.41, 5.74) is 1.37. The number of hydrogen-bond donors (Lipinski definition) is 2. The second-order valence-corrected chi connectivity index (χ2v) is 6.91. The molecule has 0 aliphatic carbocycles. The molecule has 2 N–H and O–H groups in total. The zero-order valence-electron chi connectivity index (χ0n) is 16.2. The lowest BCUT2D eigenvalue weighted by Crippen LogP contribution is -2.43. The number of carbonyl (C=O) groups excluding carboxylic acids is 1. The number of fused-ring (bicyclic) bond motifs is 2. The smallest absolute Gasteiger partial charge is 0.332 e. The number of imidazole rings is 2. The van der Waals surface area contributed by atoms with Crippen LogP contribution in [0.25, 0.3) is 22.2 Å². The molecule has 10 heteroatoms. The van der Waals surface area contributed by atoms with E-state index < -0.39 is 17.2 Å². The van der Waals surface area contributed by atoms with Crippen LogP contribution in [0.3, 0.4) is 0 Å². The standard InChI is InChI=1S/C19H21N7O3/c1-24-11-21-17-16(24)18(28)26(19(29)25(17)2)10-15(27)20-9-5-8-14-22-12-6-3-4-7-13(12)23-14/h3-4,6-7,11H,5,8-10H2,1-2H3,(H,20,27)(H,22,23). The maximum absolute atomic E-state index is 12.6. The lowest BCUT2D eigenvalue weighted by Gasteiger charge is -2.09. The fourth-order valence-corrected chi connectivity index (χ4v) is 3.34. The predicted octanol–water partition coefficient (Wildman–Crippen LogP) is 0.0590. The Balaban J connectivity index is 1.39. The van der Waals surface area contributed by atoms with Crippen molar-refractivity contribution in [2.45, 2.75) is 19.4 Å². The lowest BCUT2D eigenvalue weighted by molar-refractivity contribution is -0.121. The molecule has 4 aromatic rings. The van der Waals surface area contributed by atoms with E-state index in [1.807, 2.05) is 24.3 Å². The van der Waals surface area contributed by atoms with Crippen LogP contribution in [0.1, 0.15) is 12.2 Å². The molecule has 0 aliphatic heterocycles. The Morgan fingerprint density at radius 3 is 2.79 bits per heavy atom. The quantitative estimate of drug-likeness (QED) is 0.448. The van der Waals surface area contributed by atoms with E-state index in [4.69, 9.17) is 0 Å². The van der Waals surface area contributed by atoms with E-state index in [0.717, 1.165) is 21.4 Å². The van der Waals surface area contributed by atoms with Gasteiger partial charge >= 0.3 is 5.69 Å². The van der Waals surface area contributed by atoms with Crippen LogP contribution in [0, 0.1) is 0 Å². The van der Waals surface area contributed by atoms with Crippen molar-refractivity contribution in [3.8, 4) is 0 Å². The third kappa shape index (κ3) is 3.44. The number of aryl methyl sites for hydroxylation is 3. The predicted molar refractivity (Wildman–Crippen MR) is 108 cm³/mol. The SMILES string of the molecule is Cn1cnc2c1c(=O)n(CC(=O)NCCCc1nc3ccccc3[nH]1)c(=O)n2C. The highest BCUT2D eigenvalue weighted by Gasteiger charge is 2.16. The summed E-state index contributed by atoms with van der Waals surface area (Å²) in [7, 11) is 3.20. The Bertz CT molecular complexity index is 1290. The zero-order chi connectivity index (χ0) is 20.5. The minimum Gasteiger partial charge on any atom is -0.355 e. The van der Waals surface area contributed by atoms with Crippen molar-refractivity contribution < 1.29 is 4.79 Å². The average molecular weight is 395 g/mol. The molecule has 150 valence electrons. The second kappa shape index (κ2) is 7.38. The van der Waals surface area contributed by atoms with E-state index in [-0.39, 0.29) is 12.1 Å². The number of para-hydroxylation sites is 2. The van der Waals surface area contributed by atoms with Gasteiger partial charge in [0.1, 0.15) is 12.4 Å². The molecule has 29 heavy (non-hydrogen) atoms. The van der Waals surface area contributed by atoms with Crippen LogP contribution in [0.5, 0.6) is 0 Å². The Morgan fingerprint density at radius 1 is 1.21 bits per heavy atom. The average Bonchev–Trinajstić information content (AvgIpc) is 3.30. The van der Waals surface area contributed by atoms with Gasteiger partial charge in [0.05, 0.1) is 17.4 Å². The summed E-state index contributed by atoms with van der Waals surface area (Å²) < 4.78 is 3.74. The summed E-state index contributed by atoms with van der Waals surface area (Å²) in [5, 5.41) is 2.75. The number of nitrogens with zero attached hydrogens (tertiary/aromatic N) is 5. The maximum Gasteiger partial charge on any atom is 0.332 e. The summed E-state index contributed by atoms with van der Waals surface area (Å²) >= 11 is 0. The molecule has 0 atom stereocenters. The summed E-state index contributed by atoms with van der Waals surface area (Å²) in [6.45, 7) is 0.0795. The van der Waals surface area contributed by atoms with Crippen LogP contribution in [0.2, 0.25) is 0 Å². The van der Waals surface area contributed by atoms with Gasteiger partial charge in [-0.1, -0.05) is 12.1 Å². The number of benzene rings is 1. The normalized spacial score (nSPS) is 11.4. The van der Waals surface area contributed by atoms with E-state index in [1.54, 1.807) is 11.6 Å². The molecule has 0 unspecified atom stereocenters. The molecule has 3 heterocycles. The van der Waals surface area contributed by atoms with Crippen LogP contribution in [-0.4, -0.2) is 41.1 Å². The fraction of sp³-hybridized carbons (Fsp3) is 0.316. The number of H-pyrrole nitrogens is 1. The largest absolute Gasteiger partial charge is 0.355 e. The van der Waals surface area contributed by atoms with Crippen molar-refractivity contribution in [2.24, 2.45) is 14.1 Å². The molecule has 0 fully saturated rings. The summed E-state index contributed by atoms with van der Waals surface area (Å²) in [4.78, 5) is 49.1. The Kier molecular flexibility index (Phi) is 4.75. The number of nitrogens with one attached hydrogen (secondary N) is 2. The Morgan fingerprint density at radius 2 is 2.00 bits per heavy atom. The molecule has 0 bridgehead atoms. The number of carbonyl (C=O) groups is 1. The van der Waals surface area contributed by atoms with Crippen LogP contribution >= 0.6 is 0 Å². The third-order valence-corrected chi connectivity index (χ3v) is 4.85. The molecular weight excluding hydrogens is 374 g/mol. The topological polar surface area (TPSA) is 120 Å². The van der Waals surface area contributed by atoms with Crippen LogP contribution in [0.4, 0.5) is 0 Å². The minimum atomic E-state index is -0.571. The van der Waals surface area contributed by atoms with Gasteiger partial charge < -0.3 is 14.9 Å². The molecule has 10 nitrogen and oxygen atoms in total. The molecular formula is C19H21N7O3. The van der Waals surface area contributed by atoms with Gasteiger partial charge in [-0.05, 0) is 18.6 Å². The summed E-state index contributed by atoms with van der Waals surface area (Å²) in [6.07, 6.45) is 2.82. The monoisotopic (exact) mass is 395 g/mol. The molecule has 0 spiro atoms. The molecule has 0 aliphatic rings. The molecule has 3 aromatic heterocycles. The molecule has 4 rings (SSSR count). The number of hydrogen-bond acceptors (Lipinski definition) is 5. The molecule has 1 amide bonds. The number of aromatic amines is 1. The van der Waals surface area contributed by atoms with E-state index >= 15 is 0 Å². The summed E-state index contributed by atoms with van der Waals surface area (Å²) in [5.74, 6) is 0.461. The van der Waals surface area contributed by atoms with Crippen LogP contribution < -0.4 is 16.6 Å². The maximum atomic E-state index is 12.6. The van der Waals surface area contributed by atoms with Crippen molar-refractivity contribution in [1.29, 1.82) is 0 Å². The van der Waals surface area contributed by atoms with Crippen molar-refractivity contribution in [3.63, 3.8) is 0 Å². The Hall–Kier alpha value is -3.69. The second-order valence-electron chi connectivity index (χ2n) is 6.91. The van der Waals surface area contributed by atoms with Gasteiger partial charge in [-0.2, -0.15) is 0 Å². The van der Waals surface area contributed by atoms with Gasteiger partial charge in [0.15, 0.2) is 11.2 Å². The first-order valence-corrected chi connectivity index (χ1v) is 9.27. The van der Waals surface area contributed by atoms with Gasteiger partial charge in [-0.15, -0.1) is 0 Å². The summed E-state index contributed by atoms with van der Waals surface area (Å²) in [6, 6.07) is 7.78. The third-order valence-electron chi connectivity index (χ3n) is 4.85. The first-order chi connectivity index (χ1) is 14.0. The van der Waals surface area contributed by atoms with Gasteiger partial charge in [0, 0.05) is 27.1 Å².